The maximum absolute atomic E-state index is 13.1. The van der Waals surface area contributed by atoms with Crippen molar-refractivity contribution < 1.29 is 4.79 Å². The van der Waals surface area contributed by atoms with Gasteiger partial charge in [-0.1, -0.05) is 41.2 Å². The number of anilines is 1. The minimum absolute atomic E-state index is 0.000365. The molecule has 0 aliphatic carbocycles. The highest BCUT2D eigenvalue weighted by molar-refractivity contribution is 7.22. The van der Waals surface area contributed by atoms with Crippen LogP contribution in [0.5, 0.6) is 0 Å². The van der Waals surface area contributed by atoms with E-state index >= 15 is 0 Å². The molecular weight excluding hydrogens is 318 g/mol. The van der Waals surface area contributed by atoms with E-state index < -0.39 is 0 Å². The van der Waals surface area contributed by atoms with Gasteiger partial charge in [0.1, 0.15) is 0 Å². The van der Waals surface area contributed by atoms with Gasteiger partial charge in [0.05, 0.1) is 10.2 Å². The van der Waals surface area contributed by atoms with E-state index in [1.807, 2.05) is 69.6 Å². The van der Waals surface area contributed by atoms with Crippen molar-refractivity contribution in [2.45, 2.75) is 6.92 Å². The first-order chi connectivity index (χ1) is 11.5. The average Bonchev–Trinajstić information content (AvgIpc) is 2.98. The number of carbonyl (C=O) groups is 1. The number of hydrogen-bond acceptors (Lipinski definition) is 4. The number of thiazole rings is 1. The van der Waals surface area contributed by atoms with Crippen LogP contribution < -0.4 is 4.90 Å². The Morgan fingerprint density at radius 2 is 1.88 bits per heavy atom. The van der Waals surface area contributed by atoms with Crippen molar-refractivity contribution in [3.05, 3.63) is 59.7 Å². The quantitative estimate of drug-likeness (QED) is 0.709. The predicted molar refractivity (Wildman–Crippen MR) is 101 cm³/mol. The van der Waals surface area contributed by atoms with Crippen molar-refractivity contribution in [2.75, 3.05) is 32.1 Å². The lowest BCUT2D eigenvalue weighted by Crippen LogP contribution is -2.36. The number of amides is 1. The minimum Gasteiger partial charge on any atom is -0.308 e. The highest BCUT2D eigenvalue weighted by atomic mass is 32.1. The zero-order valence-corrected chi connectivity index (χ0v) is 15.0. The number of hydrogen-bond donors (Lipinski definition) is 0. The summed E-state index contributed by atoms with van der Waals surface area (Å²) >= 11 is 1.56. The maximum Gasteiger partial charge on any atom is 0.260 e. The molecule has 1 heterocycles. The summed E-state index contributed by atoms with van der Waals surface area (Å²) < 4.78 is 1.10. The van der Waals surface area contributed by atoms with E-state index in [-0.39, 0.29) is 5.91 Å². The highest BCUT2D eigenvalue weighted by Gasteiger charge is 2.21. The van der Waals surface area contributed by atoms with Crippen LogP contribution in [0, 0.1) is 6.92 Å². The summed E-state index contributed by atoms with van der Waals surface area (Å²) in [6.07, 6.45) is 0. The Labute approximate surface area is 146 Å². The molecule has 0 saturated heterocycles. The summed E-state index contributed by atoms with van der Waals surface area (Å²) in [5, 5.41) is 0.754. The SMILES string of the molecule is Cc1cccc(C(=O)N(CCN(C)C)c2nc3ccccc3s2)c1. The summed E-state index contributed by atoms with van der Waals surface area (Å²) in [6.45, 7) is 3.39. The first-order valence-electron chi connectivity index (χ1n) is 7.93. The van der Waals surface area contributed by atoms with Crippen molar-refractivity contribution in [1.29, 1.82) is 0 Å². The standard InChI is InChI=1S/C19H21N3OS/c1-14-7-6-8-15(13-14)18(23)22(12-11-21(2)3)19-20-16-9-4-5-10-17(16)24-19/h4-10,13H,11-12H2,1-3H3. The number of fused-ring (bicyclic) bond motifs is 1. The van der Waals surface area contributed by atoms with Gasteiger partial charge in [0.25, 0.3) is 5.91 Å². The molecule has 5 heteroatoms. The molecule has 124 valence electrons. The summed E-state index contributed by atoms with van der Waals surface area (Å²) in [6, 6.07) is 15.7. The summed E-state index contributed by atoms with van der Waals surface area (Å²) in [5.74, 6) is -0.000365. The van der Waals surface area contributed by atoms with E-state index in [4.69, 9.17) is 0 Å². The van der Waals surface area contributed by atoms with E-state index in [9.17, 15) is 4.79 Å². The molecule has 1 aromatic heterocycles. The number of nitrogens with zero attached hydrogens (tertiary/aromatic N) is 3. The van der Waals surface area contributed by atoms with Crippen LogP contribution in [0.3, 0.4) is 0 Å². The van der Waals surface area contributed by atoms with Crippen LogP contribution in [0.15, 0.2) is 48.5 Å². The van der Waals surface area contributed by atoms with Crippen molar-refractivity contribution in [1.82, 2.24) is 9.88 Å². The van der Waals surface area contributed by atoms with Gasteiger partial charge >= 0.3 is 0 Å². The molecule has 24 heavy (non-hydrogen) atoms. The fraction of sp³-hybridized carbons (Fsp3) is 0.263. The molecule has 0 spiro atoms. The second-order valence-electron chi connectivity index (χ2n) is 6.09. The normalized spacial score (nSPS) is 11.2. The predicted octanol–water partition coefficient (Wildman–Crippen LogP) is 3.81. The molecule has 4 nitrogen and oxygen atoms in total. The molecule has 0 N–H and O–H groups in total. The number of aryl methyl sites for hydroxylation is 1. The zero-order valence-electron chi connectivity index (χ0n) is 14.2. The van der Waals surface area contributed by atoms with Gasteiger partial charge in [-0.25, -0.2) is 4.98 Å². The van der Waals surface area contributed by atoms with Crippen LogP contribution in [0.2, 0.25) is 0 Å². The van der Waals surface area contributed by atoms with Crippen LogP contribution in [-0.4, -0.2) is 43.0 Å². The largest absolute Gasteiger partial charge is 0.308 e. The molecule has 0 aliphatic heterocycles. The molecular formula is C19H21N3OS. The Hall–Kier alpha value is -2.24. The van der Waals surface area contributed by atoms with Gasteiger partial charge in [-0.05, 0) is 45.3 Å². The van der Waals surface area contributed by atoms with Crippen LogP contribution in [0.4, 0.5) is 5.13 Å². The topological polar surface area (TPSA) is 36.4 Å². The fourth-order valence-corrected chi connectivity index (χ4v) is 3.48. The fourth-order valence-electron chi connectivity index (χ4n) is 2.49. The Balaban J connectivity index is 1.97. The Morgan fingerprint density at radius 3 is 2.58 bits per heavy atom. The minimum atomic E-state index is -0.000365. The van der Waals surface area contributed by atoms with Gasteiger partial charge in [0.2, 0.25) is 0 Å². The molecule has 0 unspecified atom stereocenters. The number of aromatic nitrogens is 1. The Morgan fingerprint density at radius 1 is 1.08 bits per heavy atom. The lowest BCUT2D eigenvalue weighted by Gasteiger charge is -2.22. The van der Waals surface area contributed by atoms with Gasteiger partial charge < -0.3 is 4.90 Å². The molecule has 3 aromatic rings. The van der Waals surface area contributed by atoms with Gasteiger partial charge in [0, 0.05) is 18.7 Å². The van der Waals surface area contributed by atoms with Gasteiger partial charge in [0.15, 0.2) is 5.13 Å². The lowest BCUT2D eigenvalue weighted by molar-refractivity contribution is 0.0985. The van der Waals surface area contributed by atoms with Crippen LogP contribution in [0.1, 0.15) is 15.9 Å². The van der Waals surface area contributed by atoms with Gasteiger partial charge in [-0.2, -0.15) is 0 Å². The van der Waals surface area contributed by atoms with Crippen LogP contribution in [0.25, 0.3) is 10.2 Å². The van der Waals surface area contributed by atoms with E-state index in [1.54, 1.807) is 16.2 Å². The summed E-state index contributed by atoms with van der Waals surface area (Å²) in [7, 11) is 4.02. The molecule has 0 radical (unpaired) electrons. The molecule has 0 atom stereocenters. The number of para-hydroxylation sites is 1. The smallest absolute Gasteiger partial charge is 0.260 e. The third-order valence-electron chi connectivity index (χ3n) is 3.79. The number of carbonyl (C=O) groups excluding carboxylic acids is 1. The average molecular weight is 339 g/mol. The molecule has 0 aliphatic rings. The third-order valence-corrected chi connectivity index (χ3v) is 4.85. The molecule has 1 amide bonds. The zero-order chi connectivity index (χ0) is 17.1. The Kier molecular flexibility index (Phi) is 4.92. The first-order valence-corrected chi connectivity index (χ1v) is 8.75. The van der Waals surface area contributed by atoms with Crippen molar-refractivity contribution in [3.8, 4) is 0 Å². The molecule has 3 rings (SSSR count). The first kappa shape index (κ1) is 16.6. The van der Waals surface area contributed by atoms with Crippen LogP contribution >= 0.6 is 11.3 Å². The second kappa shape index (κ2) is 7.11. The Bertz CT molecular complexity index is 823. The molecule has 0 saturated carbocycles. The van der Waals surface area contributed by atoms with Gasteiger partial charge in [-0.3, -0.25) is 9.69 Å². The highest BCUT2D eigenvalue weighted by Crippen LogP contribution is 2.29. The number of rotatable bonds is 5. The van der Waals surface area contributed by atoms with E-state index in [0.29, 0.717) is 12.1 Å². The van der Waals surface area contributed by atoms with E-state index in [2.05, 4.69) is 9.88 Å². The van der Waals surface area contributed by atoms with Crippen molar-refractivity contribution in [2.24, 2.45) is 0 Å². The lowest BCUT2D eigenvalue weighted by atomic mass is 10.1. The summed E-state index contributed by atoms with van der Waals surface area (Å²) in [4.78, 5) is 21.6. The van der Waals surface area contributed by atoms with Crippen LogP contribution in [-0.2, 0) is 0 Å². The third kappa shape index (κ3) is 3.63. The second-order valence-corrected chi connectivity index (χ2v) is 7.10. The van der Waals surface area contributed by atoms with Gasteiger partial charge in [-0.15, -0.1) is 0 Å². The maximum atomic E-state index is 13.1. The van der Waals surface area contributed by atoms with E-state index in [0.717, 1.165) is 27.5 Å². The van der Waals surface area contributed by atoms with Crippen molar-refractivity contribution in [3.63, 3.8) is 0 Å². The number of likely N-dealkylation sites (N-methyl/N-ethyl adjacent to an activating group) is 1. The molecule has 2 aromatic carbocycles. The number of benzene rings is 2. The molecule has 0 fully saturated rings. The van der Waals surface area contributed by atoms with Crippen molar-refractivity contribution >= 4 is 32.6 Å². The monoisotopic (exact) mass is 339 g/mol. The molecule has 0 bridgehead atoms. The summed E-state index contributed by atoms with van der Waals surface area (Å²) in [5.41, 5.74) is 2.72. The van der Waals surface area contributed by atoms with E-state index in [1.165, 1.54) is 0 Å².